The molecule has 0 heterocycles. The molecule has 0 bridgehead atoms. The molecule has 3 heteroatoms. The Balaban J connectivity index is 2.08. The van der Waals surface area contributed by atoms with Crippen molar-refractivity contribution in [2.24, 2.45) is 5.73 Å². The molecule has 2 rings (SSSR count). The maximum absolute atomic E-state index is 6.51. The summed E-state index contributed by atoms with van der Waals surface area (Å²) in [6.45, 7) is 2.83. The lowest BCUT2D eigenvalue weighted by Gasteiger charge is -2.41. The molecule has 0 spiro atoms. The Morgan fingerprint density at radius 1 is 1.32 bits per heavy atom. The Hall–Kier alpha value is -0.380. The second-order valence-corrected chi connectivity index (χ2v) is 6.41. The summed E-state index contributed by atoms with van der Waals surface area (Å²) < 4.78 is 7.21. The van der Waals surface area contributed by atoms with E-state index in [2.05, 4.69) is 41.1 Å². The molecule has 0 aromatic heterocycles. The fourth-order valence-corrected chi connectivity index (χ4v) is 3.61. The van der Waals surface area contributed by atoms with Gasteiger partial charge < -0.3 is 10.5 Å². The third-order valence-electron chi connectivity index (χ3n) is 4.15. The van der Waals surface area contributed by atoms with Crippen molar-refractivity contribution < 1.29 is 4.74 Å². The maximum atomic E-state index is 6.51. The summed E-state index contributed by atoms with van der Waals surface area (Å²) in [5.74, 6) is 0. The molecule has 1 fully saturated rings. The number of nitrogens with two attached hydrogens (primary N) is 1. The van der Waals surface area contributed by atoms with E-state index < -0.39 is 0 Å². The molecule has 1 aromatic carbocycles. The van der Waals surface area contributed by atoms with E-state index in [-0.39, 0.29) is 11.6 Å². The van der Waals surface area contributed by atoms with Gasteiger partial charge in [-0.05, 0) is 43.9 Å². The van der Waals surface area contributed by atoms with Crippen molar-refractivity contribution in [3.63, 3.8) is 0 Å². The van der Waals surface area contributed by atoms with Gasteiger partial charge in [-0.25, -0.2) is 0 Å². The van der Waals surface area contributed by atoms with Crippen molar-refractivity contribution in [2.45, 2.75) is 57.1 Å². The van der Waals surface area contributed by atoms with Crippen LogP contribution in [0.4, 0.5) is 0 Å². The van der Waals surface area contributed by atoms with E-state index in [9.17, 15) is 0 Å². The zero-order valence-corrected chi connectivity index (χ0v) is 13.3. The summed E-state index contributed by atoms with van der Waals surface area (Å²) in [5, 5.41) is 0. The smallest absolute Gasteiger partial charge is 0.0835 e. The summed E-state index contributed by atoms with van der Waals surface area (Å²) in [5.41, 5.74) is 7.69. The molecular formula is C16H24BrNO. The molecule has 0 saturated heterocycles. The van der Waals surface area contributed by atoms with Crippen LogP contribution < -0.4 is 5.73 Å². The summed E-state index contributed by atoms with van der Waals surface area (Å²) >= 11 is 3.52. The molecule has 1 aliphatic rings. The number of ether oxygens (including phenoxy) is 1. The molecular weight excluding hydrogens is 302 g/mol. The Morgan fingerprint density at radius 2 is 2.05 bits per heavy atom. The molecule has 1 saturated carbocycles. The Kier molecular flexibility index (Phi) is 5.43. The molecule has 2 nitrogen and oxygen atoms in total. The Labute approximate surface area is 124 Å². The van der Waals surface area contributed by atoms with Gasteiger partial charge in [-0.15, -0.1) is 0 Å². The number of rotatable bonds is 5. The quantitative estimate of drug-likeness (QED) is 0.886. The van der Waals surface area contributed by atoms with E-state index in [1.54, 1.807) is 0 Å². The fraction of sp³-hybridized carbons (Fsp3) is 0.625. The molecule has 1 aliphatic carbocycles. The first kappa shape index (κ1) is 15.0. The van der Waals surface area contributed by atoms with Crippen LogP contribution in [-0.2, 0) is 11.2 Å². The van der Waals surface area contributed by atoms with Crippen LogP contribution in [0.3, 0.4) is 0 Å². The van der Waals surface area contributed by atoms with E-state index in [4.69, 9.17) is 10.5 Å². The molecule has 19 heavy (non-hydrogen) atoms. The Morgan fingerprint density at radius 3 is 2.68 bits per heavy atom. The summed E-state index contributed by atoms with van der Waals surface area (Å²) in [6.07, 6.45) is 6.91. The summed E-state index contributed by atoms with van der Waals surface area (Å²) in [6, 6.07) is 8.51. The van der Waals surface area contributed by atoms with Gasteiger partial charge in [0.2, 0.25) is 0 Å². The van der Waals surface area contributed by atoms with Gasteiger partial charge in [-0.3, -0.25) is 0 Å². The van der Waals surface area contributed by atoms with E-state index in [1.165, 1.54) is 24.8 Å². The SMILES string of the molecule is CCOC1(C(N)Cc2cccc(Br)c2)CCCCC1. The number of hydrogen-bond acceptors (Lipinski definition) is 2. The largest absolute Gasteiger partial charge is 0.374 e. The minimum absolute atomic E-state index is 0.0852. The average molecular weight is 326 g/mol. The lowest BCUT2D eigenvalue weighted by molar-refractivity contribution is -0.0817. The van der Waals surface area contributed by atoms with E-state index >= 15 is 0 Å². The highest BCUT2D eigenvalue weighted by Gasteiger charge is 2.38. The summed E-state index contributed by atoms with van der Waals surface area (Å²) in [7, 11) is 0. The minimum Gasteiger partial charge on any atom is -0.374 e. The highest BCUT2D eigenvalue weighted by atomic mass is 79.9. The molecule has 0 aliphatic heterocycles. The molecule has 0 radical (unpaired) electrons. The average Bonchev–Trinajstić information content (AvgIpc) is 2.40. The first-order valence-electron chi connectivity index (χ1n) is 7.30. The van der Waals surface area contributed by atoms with Crippen molar-refractivity contribution in [2.75, 3.05) is 6.61 Å². The topological polar surface area (TPSA) is 35.2 Å². The van der Waals surface area contributed by atoms with Gasteiger partial charge in [0.15, 0.2) is 0 Å². The van der Waals surface area contributed by atoms with Crippen LogP contribution in [0, 0.1) is 0 Å². The van der Waals surface area contributed by atoms with E-state index in [0.717, 1.165) is 30.3 Å². The Bertz CT molecular complexity index is 396. The van der Waals surface area contributed by atoms with Crippen LogP contribution in [0.25, 0.3) is 0 Å². The normalized spacial score (nSPS) is 20.2. The number of benzene rings is 1. The number of halogens is 1. The van der Waals surface area contributed by atoms with Gasteiger partial charge in [0.05, 0.1) is 5.60 Å². The lowest BCUT2D eigenvalue weighted by atomic mass is 9.77. The van der Waals surface area contributed by atoms with Crippen molar-refractivity contribution >= 4 is 15.9 Å². The van der Waals surface area contributed by atoms with E-state index in [0.29, 0.717) is 0 Å². The van der Waals surface area contributed by atoms with Crippen molar-refractivity contribution in [3.8, 4) is 0 Å². The lowest BCUT2D eigenvalue weighted by Crippen LogP contribution is -2.52. The number of hydrogen-bond donors (Lipinski definition) is 1. The molecule has 1 aromatic rings. The third-order valence-corrected chi connectivity index (χ3v) is 4.65. The van der Waals surface area contributed by atoms with Gasteiger partial charge >= 0.3 is 0 Å². The highest BCUT2D eigenvalue weighted by molar-refractivity contribution is 9.10. The second kappa shape index (κ2) is 6.87. The highest BCUT2D eigenvalue weighted by Crippen LogP contribution is 2.35. The van der Waals surface area contributed by atoms with Crippen molar-refractivity contribution in [1.82, 2.24) is 0 Å². The standard InChI is InChI=1S/C16H24BrNO/c1-2-19-16(9-4-3-5-10-16)15(18)12-13-7-6-8-14(17)11-13/h6-8,11,15H,2-5,9-10,12,18H2,1H3. The van der Waals surface area contributed by atoms with Gasteiger partial charge in [-0.1, -0.05) is 47.3 Å². The first-order chi connectivity index (χ1) is 9.16. The third kappa shape index (κ3) is 3.80. The summed E-state index contributed by atoms with van der Waals surface area (Å²) in [4.78, 5) is 0. The monoisotopic (exact) mass is 325 g/mol. The second-order valence-electron chi connectivity index (χ2n) is 5.50. The van der Waals surface area contributed by atoms with Crippen LogP contribution >= 0.6 is 15.9 Å². The first-order valence-corrected chi connectivity index (χ1v) is 8.09. The van der Waals surface area contributed by atoms with Crippen molar-refractivity contribution in [3.05, 3.63) is 34.3 Å². The van der Waals surface area contributed by atoms with Crippen LogP contribution in [0.5, 0.6) is 0 Å². The molecule has 0 amide bonds. The van der Waals surface area contributed by atoms with Gasteiger partial charge in [0.1, 0.15) is 0 Å². The van der Waals surface area contributed by atoms with E-state index in [1.807, 2.05) is 6.07 Å². The predicted molar refractivity (Wildman–Crippen MR) is 83.3 cm³/mol. The fourth-order valence-electron chi connectivity index (χ4n) is 3.16. The maximum Gasteiger partial charge on any atom is 0.0835 e. The zero-order chi connectivity index (χ0) is 13.7. The van der Waals surface area contributed by atoms with Gasteiger partial charge in [0, 0.05) is 17.1 Å². The molecule has 2 N–H and O–H groups in total. The zero-order valence-electron chi connectivity index (χ0n) is 11.7. The van der Waals surface area contributed by atoms with Crippen LogP contribution in [0.1, 0.15) is 44.6 Å². The predicted octanol–water partition coefficient (Wildman–Crippen LogP) is 4.06. The van der Waals surface area contributed by atoms with Crippen molar-refractivity contribution in [1.29, 1.82) is 0 Å². The van der Waals surface area contributed by atoms with Gasteiger partial charge in [-0.2, -0.15) is 0 Å². The molecule has 1 unspecified atom stereocenters. The van der Waals surface area contributed by atoms with Crippen LogP contribution in [-0.4, -0.2) is 18.2 Å². The minimum atomic E-state index is -0.102. The molecule has 1 atom stereocenters. The van der Waals surface area contributed by atoms with Gasteiger partial charge in [0.25, 0.3) is 0 Å². The van der Waals surface area contributed by atoms with Crippen LogP contribution in [0.2, 0.25) is 0 Å². The van der Waals surface area contributed by atoms with Crippen LogP contribution in [0.15, 0.2) is 28.7 Å². The molecule has 106 valence electrons.